The molecule has 1 saturated heterocycles. The summed E-state index contributed by atoms with van der Waals surface area (Å²) in [7, 11) is 0. The number of benzene rings is 2. The van der Waals surface area contributed by atoms with E-state index in [0.717, 1.165) is 23.1 Å². The van der Waals surface area contributed by atoms with Gasteiger partial charge in [0.1, 0.15) is 23.4 Å². The van der Waals surface area contributed by atoms with Crippen molar-refractivity contribution in [2.75, 3.05) is 13.2 Å². The molecule has 1 unspecified atom stereocenters. The quantitative estimate of drug-likeness (QED) is 0.395. The summed E-state index contributed by atoms with van der Waals surface area (Å²) in [6.45, 7) is 0.942. The average Bonchev–Trinajstić information content (AvgIpc) is 3.17. The van der Waals surface area contributed by atoms with Crippen LogP contribution in [0, 0.1) is 5.82 Å². The molecule has 2 aromatic carbocycles. The minimum atomic E-state index is -0.759. The highest BCUT2D eigenvalue weighted by atomic mass is 19.1. The lowest BCUT2D eigenvalue weighted by Crippen LogP contribution is -2.52. The minimum absolute atomic E-state index is 0.133. The van der Waals surface area contributed by atoms with E-state index >= 15 is 0 Å². The average molecular weight is 477 g/mol. The van der Waals surface area contributed by atoms with E-state index in [2.05, 4.69) is 10.3 Å². The number of nitrogens with one attached hydrogen (secondary N) is 1. The predicted octanol–water partition coefficient (Wildman–Crippen LogP) is 3.37. The highest BCUT2D eigenvalue weighted by Crippen LogP contribution is 2.34. The Bertz CT molecular complexity index is 1310. The van der Waals surface area contributed by atoms with Crippen LogP contribution in [-0.2, 0) is 16.1 Å². The lowest BCUT2D eigenvalue weighted by molar-refractivity contribution is -0.136. The maximum atomic E-state index is 14.2. The Morgan fingerprint density at radius 3 is 2.60 bits per heavy atom. The van der Waals surface area contributed by atoms with Crippen molar-refractivity contribution < 1.29 is 28.2 Å². The maximum Gasteiger partial charge on any atom is 0.255 e. The highest BCUT2D eigenvalue weighted by Gasteiger charge is 2.40. The number of hydrogen-bond donors (Lipinski definition) is 1. The second-order valence-electron chi connectivity index (χ2n) is 8.56. The molecule has 1 N–H and O–H groups in total. The number of carbonyl (C=O) groups is 3. The van der Waals surface area contributed by atoms with Crippen molar-refractivity contribution >= 4 is 28.6 Å². The van der Waals surface area contributed by atoms with Gasteiger partial charge in [-0.15, -0.1) is 0 Å². The molecule has 2 aliphatic heterocycles. The van der Waals surface area contributed by atoms with Gasteiger partial charge in [0.15, 0.2) is 0 Å². The molecule has 3 amide bonds. The summed E-state index contributed by atoms with van der Waals surface area (Å²) >= 11 is 0. The van der Waals surface area contributed by atoms with Gasteiger partial charge in [-0.1, -0.05) is 12.1 Å². The van der Waals surface area contributed by atoms with Gasteiger partial charge in [-0.3, -0.25) is 24.7 Å². The van der Waals surface area contributed by atoms with E-state index in [1.165, 1.54) is 17.0 Å². The van der Waals surface area contributed by atoms with E-state index < -0.39 is 23.7 Å². The normalized spacial score (nSPS) is 17.5. The molecule has 0 spiro atoms. The third-order valence-corrected chi connectivity index (χ3v) is 6.24. The number of hydrogen-bond acceptors (Lipinski definition) is 6. The van der Waals surface area contributed by atoms with Crippen molar-refractivity contribution in [1.29, 1.82) is 0 Å². The van der Waals surface area contributed by atoms with E-state index in [9.17, 15) is 18.8 Å². The van der Waals surface area contributed by atoms with Crippen LogP contribution in [0.4, 0.5) is 4.39 Å². The number of unbranched alkanes of at least 4 members (excludes halogenated alkanes) is 1. The first-order chi connectivity index (χ1) is 17.0. The molecule has 2 aliphatic rings. The van der Waals surface area contributed by atoms with Crippen molar-refractivity contribution in [1.82, 2.24) is 15.2 Å². The van der Waals surface area contributed by atoms with Crippen LogP contribution < -0.4 is 14.8 Å². The number of nitrogens with zero attached hydrogens (tertiary/aromatic N) is 2. The molecule has 9 heteroatoms. The molecule has 8 nitrogen and oxygen atoms in total. The van der Waals surface area contributed by atoms with Gasteiger partial charge in [0, 0.05) is 29.6 Å². The van der Waals surface area contributed by atoms with Crippen molar-refractivity contribution in [2.45, 2.75) is 38.3 Å². The molecule has 0 saturated carbocycles. The molecule has 1 fully saturated rings. The second-order valence-corrected chi connectivity index (χ2v) is 8.56. The fourth-order valence-electron chi connectivity index (χ4n) is 4.49. The summed E-state index contributed by atoms with van der Waals surface area (Å²) in [6, 6.07) is 11.3. The van der Waals surface area contributed by atoms with Gasteiger partial charge >= 0.3 is 0 Å². The summed E-state index contributed by atoms with van der Waals surface area (Å²) in [5, 5.41) is 3.21. The summed E-state index contributed by atoms with van der Waals surface area (Å²) in [6.07, 6.45) is 3.50. The van der Waals surface area contributed by atoms with Crippen LogP contribution in [-0.4, -0.2) is 46.9 Å². The van der Waals surface area contributed by atoms with E-state index in [1.807, 2.05) is 30.3 Å². The Kier molecular flexibility index (Phi) is 6.31. The number of aromatic nitrogens is 1. The number of pyridine rings is 1. The summed E-state index contributed by atoms with van der Waals surface area (Å²) in [4.78, 5) is 42.3. The number of carbonyl (C=O) groups excluding carboxylic acids is 3. The van der Waals surface area contributed by atoms with E-state index in [0.29, 0.717) is 30.9 Å². The molecular formula is C26H24FN3O5. The Hall–Kier alpha value is -4.01. The summed E-state index contributed by atoms with van der Waals surface area (Å²) in [5.41, 5.74) is 1.62. The van der Waals surface area contributed by atoms with E-state index in [4.69, 9.17) is 9.47 Å². The van der Waals surface area contributed by atoms with Crippen LogP contribution in [0.5, 0.6) is 11.5 Å². The number of para-hydroxylation sites is 1. The molecule has 3 aromatic rings. The smallest absolute Gasteiger partial charge is 0.255 e. The third kappa shape index (κ3) is 4.66. The lowest BCUT2D eigenvalue weighted by Gasteiger charge is -2.29. The van der Waals surface area contributed by atoms with E-state index in [1.54, 1.807) is 6.20 Å². The van der Waals surface area contributed by atoms with Gasteiger partial charge in [-0.25, -0.2) is 4.39 Å². The van der Waals surface area contributed by atoms with Crippen LogP contribution in [0.3, 0.4) is 0 Å². The number of ether oxygens (including phenoxy) is 2. The van der Waals surface area contributed by atoms with Gasteiger partial charge in [0.25, 0.3) is 5.91 Å². The fraction of sp³-hybridized carbons (Fsp3) is 0.308. The molecule has 3 heterocycles. The van der Waals surface area contributed by atoms with E-state index in [-0.39, 0.29) is 30.9 Å². The standard InChI is InChI=1S/C26H24FN3O5/c27-16-13-18-19(15-30(26(18)33)21-7-8-24(31)29-25(21)32)23(14-16)35-12-4-3-11-34-22-9-10-28-20-6-2-1-5-17(20)22/h1-2,5-6,9-10,13-14,21H,3-4,7-8,11-12,15H2,(H,29,31,32). The van der Waals surface area contributed by atoms with Gasteiger partial charge in [-0.05, 0) is 43.5 Å². The maximum absolute atomic E-state index is 14.2. The first-order valence-corrected chi connectivity index (χ1v) is 11.6. The Morgan fingerprint density at radius 1 is 1.03 bits per heavy atom. The minimum Gasteiger partial charge on any atom is -0.493 e. The lowest BCUT2D eigenvalue weighted by atomic mass is 10.0. The van der Waals surface area contributed by atoms with Gasteiger partial charge < -0.3 is 14.4 Å². The number of fused-ring (bicyclic) bond motifs is 2. The molecule has 180 valence electrons. The van der Waals surface area contributed by atoms with Gasteiger partial charge in [0.05, 0.1) is 30.8 Å². The zero-order valence-corrected chi connectivity index (χ0v) is 19.0. The molecule has 35 heavy (non-hydrogen) atoms. The van der Waals surface area contributed by atoms with Crippen molar-refractivity contribution in [3.63, 3.8) is 0 Å². The number of piperidine rings is 1. The largest absolute Gasteiger partial charge is 0.493 e. The topological polar surface area (TPSA) is 97.8 Å². The monoisotopic (exact) mass is 477 g/mol. The SMILES string of the molecule is O=C1CCC(N2Cc3c(OCCCCOc4ccnc5ccccc45)cc(F)cc3C2=O)C(=O)N1. The third-order valence-electron chi connectivity index (χ3n) is 6.24. The van der Waals surface area contributed by atoms with Gasteiger partial charge in [0.2, 0.25) is 11.8 Å². The Balaban J connectivity index is 1.17. The first-order valence-electron chi connectivity index (χ1n) is 11.6. The van der Waals surface area contributed by atoms with Crippen LogP contribution >= 0.6 is 0 Å². The van der Waals surface area contributed by atoms with Crippen molar-refractivity contribution in [3.05, 3.63) is 65.6 Å². The molecule has 0 aliphatic carbocycles. The number of halogens is 1. The zero-order chi connectivity index (χ0) is 24.4. The Morgan fingerprint density at radius 2 is 1.80 bits per heavy atom. The predicted molar refractivity (Wildman–Crippen MR) is 124 cm³/mol. The zero-order valence-electron chi connectivity index (χ0n) is 19.0. The van der Waals surface area contributed by atoms with Crippen LogP contribution in [0.1, 0.15) is 41.6 Å². The highest BCUT2D eigenvalue weighted by molar-refractivity contribution is 6.05. The first kappa shape index (κ1) is 22.8. The molecule has 0 radical (unpaired) electrons. The number of amides is 3. The second kappa shape index (κ2) is 9.69. The molecule has 5 rings (SSSR count). The fourth-order valence-corrected chi connectivity index (χ4v) is 4.49. The number of rotatable bonds is 8. The van der Waals surface area contributed by atoms with Crippen LogP contribution in [0.15, 0.2) is 48.7 Å². The summed E-state index contributed by atoms with van der Waals surface area (Å²) in [5.74, 6) is -0.809. The van der Waals surface area contributed by atoms with Crippen LogP contribution in [0.25, 0.3) is 10.9 Å². The van der Waals surface area contributed by atoms with Crippen LogP contribution in [0.2, 0.25) is 0 Å². The van der Waals surface area contributed by atoms with Gasteiger partial charge in [-0.2, -0.15) is 0 Å². The van der Waals surface area contributed by atoms with Crippen molar-refractivity contribution in [3.8, 4) is 11.5 Å². The summed E-state index contributed by atoms with van der Waals surface area (Å²) < 4.78 is 26.0. The molecule has 1 aromatic heterocycles. The molecular weight excluding hydrogens is 453 g/mol. The molecule has 0 bridgehead atoms. The molecule has 1 atom stereocenters. The number of imide groups is 1. The van der Waals surface area contributed by atoms with Crippen molar-refractivity contribution in [2.24, 2.45) is 0 Å². The Labute approximate surface area is 201 Å².